The number of carboxylic acids is 1. The first-order valence-electron chi connectivity index (χ1n) is 10.5. The fourth-order valence-corrected chi connectivity index (χ4v) is 4.30. The summed E-state index contributed by atoms with van der Waals surface area (Å²) in [5.74, 6) is -1.51. The summed E-state index contributed by atoms with van der Waals surface area (Å²) in [5, 5.41) is 19.9. The van der Waals surface area contributed by atoms with Crippen LogP contribution in [0.15, 0.2) is 52.5 Å². The molecule has 1 fully saturated rings. The largest absolute Gasteiger partial charge is 0.507 e. The van der Waals surface area contributed by atoms with Gasteiger partial charge in [-0.1, -0.05) is 40.5 Å². The molecule has 1 amide bonds. The molecule has 9 heteroatoms. The van der Waals surface area contributed by atoms with E-state index in [1.165, 1.54) is 4.90 Å². The molecule has 2 aromatic carbocycles. The van der Waals surface area contributed by atoms with E-state index in [0.717, 1.165) is 4.47 Å². The molecule has 8 nitrogen and oxygen atoms in total. The lowest BCUT2D eigenvalue weighted by Crippen LogP contribution is -2.30. The molecule has 4 rings (SSSR count). The number of benzene rings is 2. The van der Waals surface area contributed by atoms with E-state index < -0.39 is 23.7 Å². The molecule has 172 valence electrons. The van der Waals surface area contributed by atoms with E-state index in [2.05, 4.69) is 15.9 Å². The number of carbonyl (C=O) groups excluding carboxylic acids is 2. The molecule has 0 aromatic heterocycles. The van der Waals surface area contributed by atoms with E-state index in [-0.39, 0.29) is 31.1 Å². The summed E-state index contributed by atoms with van der Waals surface area (Å²) >= 11 is 3.35. The zero-order valence-corrected chi connectivity index (χ0v) is 19.2. The first-order chi connectivity index (χ1) is 15.9. The van der Waals surface area contributed by atoms with Crippen molar-refractivity contribution < 1.29 is 34.1 Å². The normalized spacial score (nSPS) is 18.7. The fourth-order valence-electron chi connectivity index (χ4n) is 4.04. The number of carboxylic acid groups (broad SMARTS) is 1. The van der Waals surface area contributed by atoms with E-state index in [0.29, 0.717) is 41.9 Å². The van der Waals surface area contributed by atoms with Crippen LogP contribution in [0.3, 0.4) is 0 Å². The van der Waals surface area contributed by atoms with Crippen LogP contribution >= 0.6 is 15.9 Å². The number of carbonyl (C=O) groups is 3. The van der Waals surface area contributed by atoms with Crippen molar-refractivity contribution in [3.8, 4) is 11.5 Å². The zero-order valence-electron chi connectivity index (χ0n) is 17.6. The number of ketones is 1. The monoisotopic (exact) mass is 515 g/mol. The summed E-state index contributed by atoms with van der Waals surface area (Å²) in [7, 11) is 0. The molecule has 2 aliphatic heterocycles. The summed E-state index contributed by atoms with van der Waals surface area (Å²) in [4.78, 5) is 38.2. The average Bonchev–Trinajstić information content (AvgIpc) is 3.36. The van der Waals surface area contributed by atoms with Gasteiger partial charge in [-0.3, -0.25) is 14.4 Å². The fraction of sp³-hybridized carbons (Fsp3) is 0.292. The lowest BCUT2D eigenvalue weighted by molar-refractivity contribution is -0.140. The number of nitrogens with zero attached hydrogens (tertiary/aromatic N) is 1. The number of Topliss-reactive ketones (excluding diaryl/α,β-unsaturated/α-hetero) is 1. The van der Waals surface area contributed by atoms with Gasteiger partial charge in [0.25, 0.3) is 11.7 Å². The van der Waals surface area contributed by atoms with Crippen LogP contribution < -0.4 is 9.47 Å². The molecule has 2 N–H and O–H groups in total. The van der Waals surface area contributed by atoms with Crippen molar-refractivity contribution in [1.82, 2.24) is 4.90 Å². The predicted octanol–water partition coefficient (Wildman–Crippen LogP) is 4.24. The molecule has 0 spiro atoms. The molecular formula is C24H22BrNO7. The van der Waals surface area contributed by atoms with E-state index in [4.69, 9.17) is 14.6 Å². The van der Waals surface area contributed by atoms with E-state index in [1.807, 2.05) is 0 Å². The van der Waals surface area contributed by atoms with Gasteiger partial charge in [0.1, 0.15) is 5.76 Å². The van der Waals surface area contributed by atoms with Gasteiger partial charge in [0, 0.05) is 23.0 Å². The molecule has 0 saturated carbocycles. The highest BCUT2D eigenvalue weighted by atomic mass is 79.9. The molecule has 0 aliphatic carbocycles. The lowest BCUT2D eigenvalue weighted by atomic mass is 9.95. The number of likely N-dealkylation sites (tertiary alicyclic amines) is 1. The minimum atomic E-state index is -0.870. The predicted molar refractivity (Wildman–Crippen MR) is 122 cm³/mol. The second-order valence-electron chi connectivity index (χ2n) is 7.82. The van der Waals surface area contributed by atoms with Crippen molar-refractivity contribution in [2.45, 2.75) is 31.7 Å². The number of hydrogen-bond donors (Lipinski definition) is 2. The van der Waals surface area contributed by atoms with Crippen LogP contribution in [-0.2, 0) is 14.4 Å². The van der Waals surface area contributed by atoms with Crippen LogP contribution in [-0.4, -0.2) is 46.1 Å². The molecule has 0 radical (unpaired) electrons. The van der Waals surface area contributed by atoms with Crippen LogP contribution in [0, 0.1) is 0 Å². The maximum atomic E-state index is 13.0. The molecule has 1 unspecified atom stereocenters. The second kappa shape index (κ2) is 9.66. The van der Waals surface area contributed by atoms with E-state index in [9.17, 15) is 19.5 Å². The minimum absolute atomic E-state index is 0.00623. The van der Waals surface area contributed by atoms with Gasteiger partial charge in [0.05, 0.1) is 11.6 Å². The van der Waals surface area contributed by atoms with Gasteiger partial charge in [0.2, 0.25) is 6.79 Å². The van der Waals surface area contributed by atoms with E-state index in [1.54, 1.807) is 42.5 Å². The molecule has 1 saturated heterocycles. The Bertz CT molecular complexity index is 1130. The number of fused-ring (bicyclic) bond motifs is 1. The molecule has 1 atom stereocenters. The van der Waals surface area contributed by atoms with Crippen LogP contribution in [0.25, 0.3) is 5.76 Å². The van der Waals surface area contributed by atoms with Crippen LogP contribution in [0.1, 0.15) is 42.9 Å². The van der Waals surface area contributed by atoms with Crippen molar-refractivity contribution in [2.24, 2.45) is 0 Å². The Kier molecular flexibility index (Phi) is 6.69. The summed E-state index contributed by atoms with van der Waals surface area (Å²) in [6.07, 6.45) is 1.65. The van der Waals surface area contributed by atoms with Gasteiger partial charge in [-0.15, -0.1) is 0 Å². The standard InChI is InChI=1S/C24H22BrNO7/c25-16-8-5-14(6-9-16)22(29)20-21(15-7-10-17-18(12-15)33-13-32-17)26(24(31)23(20)30)11-3-1-2-4-19(27)28/h5-10,12,21,29H,1-4,11,13H2,(H,27,28)/b22-20+. The SMILES string of the molecule is O=C(O)CCCCCN1C(=O)C(=O)/C(=C(/O)c2ccc(Br)cc2)C1c1ccc2c(c1)OCO2. The maximum absolute atomic E-state index is 13.0. The minimum Gasteiger partial charge on any atom is -0.507 e. The molecule has 0 bridgehead atoms. The first kappa shape index (κ1) is 22.8. The third-order valence-electron chi connectivity index (χ3n) is 5.66. The Morgan fingerprint density at radius 1 is 1.00 bits per heavy atom. The number of amides is 1. The molecule has 33 heavy (non-hydrogen) atoms. The Hall–Kier alpha value is -3.33. The van der Waals surface area contributed by atoms with Crippen LogP contribution in [0.4, 0.5) is 0 Å². The summed E-state index contributed by atoms with van der Waals surface area (Å²) in [6.45, 7) is 0.335. The molecular weight excluding hydrogens is 494 g/mol. The van der Waals surface area contributed by atoms with Gasteiger partial charge in [-0.25, -0.2) is 0 Å². The number of rotatable bonds is 8. The number of aliphatic hydroxyl groups is 1. The third-order valence-corrected chi connectivity index (χ3v) is 6.19. The summed E-state index contributed by atoms with van der Waals surface area (Å²) in [5.41, 5.74) is 1.04. The lowest BCUT2D eigenvalue weighted by Gasteiger charge is -2.25. The van der Waals surface area contributed by atoms with Gasteiger partial charge >= 0.3 is 5.97 Å². The van der Waals surface area contributed by atoms with Gasteiger partial charge < -0.3 is 24.6 Å². The Morgan fingerprint density at radius 3 is 2.45 bits per heavy atom. The number of aliphatic hydroxyl groups excluding tert-OH is 1. The van der Waals surface area contributed by atoms with Crippen molar-refractivity contribution in [3.05, 3.63) is 63.6 Å². The Morgan fingerprint density at radius 2 is 1.73 bits per heavy atom. The molecule has 2 heterocycles. The molecule has 2 aliphatic rings. The summed E-state index contributed by atoms with van der Waals surface area (Å²) < 4.78 is 11.6. The zero-order chi connectivity index (χ0) is 23.5. The van der Waals surface area contributed by atoms with Crippen LogP contribution in [0.2, 0.25) is 0 Å². The second-order valence-corrected chi connectivity index (χ2v) is 8.73. The van der Waals surface area contributed by atoms with Crippen molar-refractivity contribution in [3.63, 3.8) is 0 Å². The highest BCUT2D eigenvalue weighted by Gasteiger charge is 2.46. The highest BCUT2D eigenvalue weighted by molar-refractivity contribution is 9.10. The number of hydrogen-bond acceptors (Lipinski definition) is 6. The Labute approximate surface area is 198 Å². The smallest absolute Gasteiger partial charge is 0.303 e. The summed E-state index contributed by atoms with van der Waals surface area (Å²) in [6, 6.07) is 11.2. The van der Waals surface area contributed by atoms with E-state index >= 15 is 0 Å². The topological polar surface area (TPSA) is 113 Å². The quantitative estimate of drug-likeness (QED) is 0.234. The first-order valence-corrected chi connectivity index (χ1v) is 11.3. The van der Waals surface area contributed by atoms with Gasteiger partial charge in [-0.05, 0) is 42.7 Å². The number of unbranched alkanes of at least 4 members (excludes halogenated alkanes) is 2. The maximum Gasteiger partial charge on any atom is 0.303 e. The highest BCUT2D eigenvalue weighted by Crippen LogP contribution is 2.43. The van der Waals surface area contributed by atoms with Crippen molar-refractivity contribution in [1.29, 1.82) is 0 Å². The Balaban J connectivity index is 1.70. The third kappa shape index (κ3) is 4.73. The van der Waals surface area contributed by atoms with Gasteiger partial charge in [0.15, 0.2) is 11.5 Å². The molecule has 2 aromatic rings. The number of ether oxygens (including phenoxy) is 2. The average molecular weight is 516 g/mol. The number of aliphatic carboxylic acids is 1. The van der Waals surface area contributed by atoms with Crippen LogP contribution in [0.5, 0.6) is 11.5 Å². The van der Waals surface area contributed by atoms with Gasteiger partial charge in [-0.2, -0.15) is 0 Å². The number of halogens is 1. The van der Waals surface area contributed by atoms with Crippen molar-refractivity contribution in [2.75, 3.05) is 13.3 Å². The van der Waals surface area contributed by atoms with Crippen molar-refractivity contribution >= 4 is 39.3 Å².